The molecule has 1 spiro atoms. The van der Waals surface area contributed by atoms with Crippen molar-refractivity contribution in [3.05, 3.63) is 0 Å². The summed E-state index contributed by atoms with van der Waals surface area (Å²) >= 11 is 1.65. The molecule has 3 aliphatic rings. The van der Waals surface area contributed by atoms with E-state index in [0.717, 1.165) is 12.8 Å². The second kappa shape index (κ2) is 7.20. The van der Waals surface area contributed by atoms with Gasteiger partial charge >= 0.3 is 0 Å². The number of hydrogen-bond acceptors (Lipinski definition) is 5. The Kier molecular flexibility index (Phi) is 5.51. The third-order valence-corrected chi connectivity index (χ3v) is 8.30. The van der Waals surface area contributed by atoms with Gasteiger partial charge < -0.3 is 20.6 Å². The summed E-state index contributed by atoms with van der Waals surface area (Å²) in [7, 11) is 1.59. The molecule has 3 saturated heterocycles. The molecule has 158 valence electrons. The average Bonchev–Trinajstić information content (AvgIpc) is 3.21. The maximum Gasteiger partial charge on any atom is 0.244 e. The summed E-state index contributed by atoms with van der Waals surface area (Å²) in [6, 6.07) is -1.12. The number of likely N-dealkylation sites (tertiary alicyclic amines) is 1. The maximum absolute atomic E-state index is 13.6. The first-order valence-corrected chi connectivity index (χ1v) is 11.0. The van der Waals surface area contributed by atoms with Gasteiger partial charge in [0.15, 0.2) is 0 Å². The Balaban J connectivity index is 2.09. The first-order valence-electron chi connectivity index (χ1n) is 10.1. The van der Waals surface area contributed by atoms with Gasteiger partial charge in [0.05, 0.1) is 29.2 Å². The molecule has 8 heteroatoms. The lowest BCUT2D eigenvalue weighted by atomic mass is 9.70. The lowest BCUT2D eigenvalue weighted by Crippen LogP contribution is -2.60. The zero-order valence-corrected chi connectivity index (χ0v) is 18.4. The monoisotopic (exact) mass is 411 g/mol. The number of aliphatic hydroxyl groups excluding tert-OH is 1. The highest BCUT2D eigenvalue weighted by atomic mass is 32.2. The van der Waals surface area contributed by atoms with Crippen LogP contribution in [0.3, 0.4) is 0 Å². The molecule has 3 N–H and O–H groups in total. The fourth-order valence-corrected chi connectivity index (χ4v) is 7.48. The largest absolute Gasteiger partial charge is 0.394 e. The van der Waals surface area contributed by atoms with Crippen LogP contribution in [0.1, 0.15) is 47.5 Å². The number of carbonyl (C=O) groups excluding carboxylic acids is 3. The maximum atomic E-state index is 13.6. The van der Waals surface area contributed by atoms with Crippen molar-refractivity contribution >= 4 is 29.5 Å². The van der Waals surface area contributed by atoms with E-state index in [4.69, 9.17) is 0 Å². The molecule has 3 heterocycles. The first-order chi connectivity index (χ1) is 13.0. The van der Waals surface area contributed by atoms with Crippen molar-refractivity contribution < 1.29 is 19.5 Å². The van der Waals surface area contributed by atoms with Crippen molar-refractivity contribution in [2.75, 3.05) is 13.7 Å². The topological polar surface area (TPSA) is 98.7 Å². The minimum Gasteiger partial charge on any atom is -0.394 e. The minimum absolute atomic E-state index is 0.00485. The molecule has 6 atom stereocenters. The number of thioether (sulfide) groups is 1. The fourth-order valence-electron chi connectivity index (χ4n) is 5.27. The van der Waals surface area contributed by atoms with Crippen LogP contribution in [-0.4, -0.2) is 69.0 Å². The second-order valence-corrected chi connectivity index (χ2v) is 11.3. The molecule has 0 aromatic heterocycles. The number of amides is 3. The van der Waals surface area contributed by atoms with Crippen molar-refractivity contribution in [2.24, 2.45) is 17.8 Å². The van der Waals surface area contributed by atoms with E-state index in [2.05, 4.69) is 10.6 Å². The summed E-state index contributed by atoms with van der Waals surface area (Å²) in [6.45, 7) is 9.43. The van der Waals surface area contributed by atoms with Crippen molar-refractivity contribution in [2.45, 2.75) is 75.1 Å². The summed E-state index contributed by atoms with van der Waals surface area (Å²) in [5.41, 5.74) is -0.436. The van der Waals surface area contributed by atoms with Crippen molar-refractivity contribution in [1.29, 1.82) is 0 Å². The number of carbonyl (C=O) groups is 3. The molecule has 3 fully saturated rings. The van der Waals surface area contributed by atoms with Gasteiger partial charge in [0.2, 0.25) is 17.7 Å². The first kappa shape index (κ1) is 21.4. The Hall–Kier alpha value is -1.28. The van der Waals surface area contributed by atoms with Crippen molar-refractivity contribution in [1.82, 2.24) is 15.5 Å². The van der Waals surface area contributed by atoms with Gasteiger partial charge in [0.1, 0.15) is 6.04 Å². The Labute approximate surface area is 171 Å². The summed E-state index contributed by atoms with van der Waals surface area (Å²) in [5, 5.41) is 15.9. The molecule has 28 heavy (non-hydrogen) atoms. The van der Waals surface area contributed by atoms with Gasteiger partial charge in [0.25, 0.3) is 0 Å². The number of fused-ring (bicyclic) bond motifs is 1. The van der Waals surface area contributed by atoms with Crippen LogP contribution < -0.4 is 10.6 Å². The van der Waals surface area contributed by atoms with Crippen LogP contribution in [0.25, 0.3) is 0 Å². The highest BCUT2D eigenvalue weighted by Crippen LogP contribution is 2.66. The third-order valence-electron chi connectivity index (χ3n) is 6.35. The summed E-state index contributed by atoms with van der Waals surface area (Å²) in [5.74, 6) is -1.41. The van der Waals surface area contributed by atoms with E-state index in [0.29, 0.717) is 0 Å². The molecular weight excluding hydrogens is 378 g/mol. The lowest BCUT2D eigenvalue weighted by Gasteiger charge is -2.39. The molecule has 3 amide bonds. The Morgan fingerprint density at radius 3 is 2.46 bits per heavy atom. The number of hydrogen-bond donors (Lipinski definition) is 3. The van der Waals surface area contributed by atoms with Gasteiger partial charge in [-0.3, -0.25) is 14.4 Å². The Bertz CT molecular complexity index is 677. The van der Waals surface area contributed by atoms with E-state index < -0.39 is 34.2 Å². The SMILES string of the molecule is CNC(=O)[C@@H]1[C@@H]2CCC3(S2)C(C(=O)NC(C)(C)C)N([C@@H](CO)C(C)C)C(=O)[C@H]13. The highest BCUT2D eigenvalue weighted by Gasteiger charge is 2.74. The van der Waals surface area contributed by atoms with E-state index in [-0.39, 0.29) is 35.5 Å². The third kappa shape index (κ3) is 3.12. The molecule has 2 unspecified atom stereocenters. The molecule has 7 nitrogen and oxygen atoms in total. The van der Waals surface area contributed by atoms with Crippen LogP contribution in [0.15, 0.2) is 0 Å². The quantitative estimate of drug-likeness (QED) is 0.620. The normalized spacial score (nSPS) is 35.3. The zero-order valence-electron chi connectivity index (χ0n) is 17.6. The fraction of sp³-hybridized carbons (Fsp3) is 0.850. The molecule has 2 bridgehead atoms. The van der Waals surface area contributed by atoms with Crippen molar-refractivity contribution in [3.8, 4) is 0 Å². The predicted molar refractivity (Wildman–Crippen MR) is 109 cm³/mol. The molecule has 0 radical (unpaired) electrons. The minimum atomic E-state index is -0.673. The van der Waals surface area contributed by atoms with Crippen LogP contribution in [0.5, 0.6) is 0 Å². The lowest BCUT2D eigenvalue weighted by molar-refractivity contribution is -0.144. The van der Waals surface area contributed by atoms with Crippen LogP contribution >= 0.6 is 11.8 Å². The predicted octanol–water partition coefficient (Wildman–Crippen LogP) is 0.755. The average molecular weight is 412 g/mol. The summed E-state index contributed by atoms with van der Waals surface area (Å²) in [6.07, 6.45) is 1.56. The van der Waals surface area contributed by atoms with Gasteiger partial charge in [-0.1, -0.05) is 13.8 Å². The van der Waals surface area contributed by atoms with Gasteiger partial charge in [-0.15, -0.1) is 11.8 Å². The summed E-state index contributed by atoms with van der Waals surface area (Å²) in [4.78, 5) is 41.3. The zero-order chi connectivity index (χ0) is 21.0. The van der Waals surface area contributed by atoms with E-state index in [1.54, 1.807) is 23.7 Å². The Morgan fingerprint density at radius 1 is 1.32 bits per heavy atom. The summed E-state index contributed by atoms with van der Waals surface area (Å²) < 4.78 is -0.601. The molecule has 0 aromatic rings. The molecule has 3 aliphatic heterocycles. The number of aliphatic hydroxyl groups is 1. The number of rotatable bonds is 5. The van der Waals surface area contributed by atoms with E-state index in [9.17, 15) is 19.5 Å². The van der Waals surface area contributed by atoms with E-state index in [1.807, 2.05) is 34.6 Å². The van der Waals surface area contributed by atoms with Gasteiger partial charge in [-0.2, -0.15) is 0 Å². The number of nitrogens with zero attached hydrogens (tertiary/aromatic N) is 1. The van der Waals surface area contributed by atoms with E-state index in [1.165, 1.54) is 0 Å². The molecule has 0 aromatic carbocycles. The smallest absolute Gasteiger partial charge is 0.244 e. The second-order valence-electron chi connectivity index (χ2n) is 9.65. The van der Waals surface area contributed by atoms with Gasteiger partial charge in [-0.25, -0.2) is 0 Å². The van der Waals surface area contributed by atoms with Crippen molar-refractivity contribution in [3.63, 3.8) is 0 Å². The highest BCUT2D eigenvalue weighted by molar-refractivity contribution is 8.02. The Morgan fingerprint density at radius 2 is 1.96 bits per heavy atom. The molecule has 0 aliphatic carbocycles. The number of nitrogens with one attached hydrogen (secondary N) is 2. The standard InChI is InChI=1S/C20H33N3O4S/c1-10(2)11(9-24)23-15(17(26)22-19(3,4)5)20-8-7-12(28-20)13(16(25)21-6)14(20)18(23)27/h10-15,24H,7-9H2,1-6H3,(H,21,25)(H,22,26)/t11-,12-,13+,14-,15?,20?/m0/s1. The van der Waals surface area contributed by atoms with Crippen LogP contribution in [0.4, 0.5) is 0 Å². The van der Waals surface area contributed by atoms with E-state index >= 15 is 0 Å². The molecule has 3 rings (SSSR count). The molecular formula is C20H33N3O4S. The van der Waals surface area contributed by atoms with Crippen LogP contribution in [0, 0.1) is 17.8 Å². The van der Waals surface area contributed by atoms with Crippen LogP contribution in [0.2, 0.25) is 0 Å². The van der Waals surface area contributed by atoms with Crippen LogP contribution in [-0.2, 0) is 14.4 Å². The van der Waals surface area contributed by atoms with Gasteiger partial charge in [-0.05, 0) is 39.5 Å². The molecule has 0 saturated carbocycles. The van der Waals surface area contributed by atoms with Gasteiger partial charge in [0, 0.05) is 17.8 Å².